The van der Waals surface area contributed by atoms with Crippen LogP contribution in [-0.4, -0.2) is 24.3 Å². The molecule has 2 rings (SSSR count). The molecule has 0 spiro atoms. The summed E-state index contributed by atoms with van der Waals surface area (Å²) in [5.74, 6) is 0.672. The van der Waals surface area contributed by atoms with E-state index in [0.29, 0.717) is 23.7 Å². The number of nitrogens with two attached hydrogens (primary N) is 2. The molecule has 2 aromatic carbocycles. The highest BCUT2D eigenvalue weighted by Gasteiger charge is 2.04. The lowest BCUT2D eigenvalue weighted by molar-refractivity contribution is 0.262. The summed E-state index contributed by atoms with van der Waals surface area (Å²) in [5, 5.41) is 13.1. The largest absolute Gasteiger partial charge is 0.494 e. The van der Waals surface area contributed by atoms with Crippen molar-refractivity contribution in [3.8, 4) is 5.75 Å². The Morgan fingerprint density at radius 2 is 1.52 bits per heavy atom. The lowest BCUT2D eigenvalue weighted by Crippen LogP contribution is -2.22. The first-order chi connectivity index (χ1) is 13.0. The van der Waals surface area contributed by atoms with Crippen molar-refractivity contribution in [2.24, 2.45) is 21.7 Å². The van der Waals surface area contributed by atoms with E-state index in [0.717, 1.165) is 17.7 Å². The fourth-order valence-electron chi connectivity index (χ4n) is 2.13. The highest BCUT2D eigenvalue weighted by molar-refractivity contribution is 6.01. The van der Waals surface area contributed by atoms with Crippen LogP contribution in [0, 0.1) is 0 Å². The fourth-order valence-corrected chi connectivity index (χ4v) is 2.13. The topological polar surface area (TPSA) is 127 Å². The second-order valence-electron chi connectivity index (χ2n) is 5.74. The lowest BCUT2D eigenvalue weighted by atomic mass is 10.1. The van der Waals surface area contributed by atoms with Gasteiger partial charge in [-0.05, 0) is 55.3 Å². The predicted octanol–water partition coefficient (Wildman–Crippen LogP) is 3.12. The minimum atomic E-state index is -0.337. The summed E-state index contributed by atoms with van der Waals surface area (Å²) in [6.45, 7) is 4.50. The van der Waals surface area contributed by atoms with Gasteiger partial charge in [-0.15, -0.1) is 5.10 Å². The summed E-state index contributed by atoms with van der Waals surface area (Å²) in [6, 6.07) is 14.0. The second-order valence-corrected chi connectivity index (χ2v) is 5.74. The van der Waals surface area contributed by atoms with Gasteiger partial charge in [-0.2, -0.15) is 5.10 Å². The normalized spacial score (nSPS) is 10.8. The zero-order chi connectivity index (χ0) is 19.6. The Balaban J connectivity index is 1.92. The van der Waals surface area contributed by atoms with Crippen molar-refractivity contribution in [3.05, 3.63) is 54.1 Å². The molecule has 0 saturated carbocycles. The van der Waals surface area contributed by atoms with Crippen LogP contribution in [0.2, 0.25) is 0 Å². The minimum Gasteiger partial charge on any atom is -0.494 e. The molecule has 0 fully saturated rings. The third-order valence-electron chi connectivity index (χ3n) is 3.46. The van der Waals surface area contributed by atoms with E-state index in [-0.39, 0.29) is 12.0 Å². The van der Waals surface area contributed by atoms with Gasteiger partial charge in [0.25, 0.3) is 0 Å². The number of carbonyl (C=O) groups is 1. The number of carbonyl (C=O) groups excluding carboxylic acids is 1. The van der Waals surface area contributed by atoms with Crippen molar-refractivity contribution in [1.82, 2.24) is 0 Å². The third-order valence-corrected chi connectivity index (χ3v) is 3.46. The van der Waals surface area contributed by atoms with Gasteiger partial charge in [0.15, 0.2) is 0 Å². The van der Waals surface area contributed by atoms with Crippen LogP contribution in [-0.2, 0) is 0 Å². The monoisotopic (exact) mass is 368 g/mol. The molecule has 8 heteroatoms. The molecule has 142 valence electrons. The van der Waals surface area contributed by atoms with Crippen LogP contribution in [0.25, 0.3) is 0 Å². The standard InChI is InChI=1S/C19H24N6O2/c1-3-12-27-17-10-8-16(9-11-17)23-19(26)22-15-6-4-14(5-7-15)13(2)24-25-18(20)21/h4-11H,3,12H2,1-2H3,(H4,20,21,25)(H2,22,23,26)/b24-13+. The zero-order valence-corrected chi connectivity index (χ0v) is 15.4. The van der Waals surface area contributed by atoms with Gasteiger partial charge in [-0.25, -0.2) is 4.79 Å². The average molecular weight is 368 g/mol. The lowest BCUT2D eigenvalue weighted by Gasteiger charge is -2.09. The molecule has 0 aliphatic heterocycles. The maximum atomic E-state index is 12.1. The maximum Gasteiger partial charge on any atom is 0.323 e. The molecule has 0 aromatic heterocycles. The van der Waals surface area contributed by atoms with Crippen LogP contribution in [0.3, 0.4) is 0 Å². The highest BCUT2D eigenvalue weighted by atomic mass is 16.5. The van der Waals surface area contributed by atoms with Crippen molar-refractivity contribution in [2.75, 3.05) is 17.2 Å². The summed E-state index contributed by atoms with van der Waals surface area (Å²) in [4.78, 5) is 12.1. The van der Waals surface area contributed by atoms with Crippen LogP contribution in [0.5, 0.6) is 5.75 Å². The summed E-state index contributed by atoms with van der Waals surface area (Å²) >= 11 is 0. The van der Waals surface area contributed by atoms with E-state index in [1.807, 2.05) is 31.2 Å². The van der Waals surface area contributed by atoms with Gasteiger partial charge < -0.3 is 26.8 Å². The predicted molar refractivity (Wildman–Crippen MR) is 109 cm³/mol. The van der Waals surface area contributed by atoms with E-state index < -0.39 is 0 Å². The number of ether oxygens (including phenoxy) is 1. The number of anilines is 2. The van der Waals surface area contributed by atoms with Crippen molar-refractivity contribution < 1.29 is 9.53 Å². The first-order valence-electron chi connectivity index (χ1n) is 8.52. The molecule has 0 aliphatic carbocycles. The Kier molecular flexibility index (Phi) is 7.18. The quantitative estimate of drug-likeness (QED) is 0.340. The molecule has 27 heavy (non-hydrogen) atoms. The summed E-state index contributed by atoms with van der Waals surface area (Å²) in [5.41, 5.74) is 13.3. The number of nitrogens with zero attached hydrogens (tertiary/aromatic N) is 2. The first-order valence-corrected chi connectivity index (χ1v) is 8.52. The average Bonchev–Trinajstić information content (AvgIpc) is 2.66. The van der Waals surface area contributed by atoms with Gasteiger partial charge in [0.1, 0.15) is 5.75 Å². The van der Waals surface area contributed by atoms with Crippen molar-refractivity contribution in [1.29, 1.82) is 0 Å². The summed E-state index contributed by atoms with van der Waals surface area (Å²) < 4.78 is 5.51. The molecule has 2 amide bonds. The van der Waals surface area contributed by atoms with Crippen molar-refractivity contribution in [2.45, 2.75) is 20.3 Å². The van der Waals surface area contributed by atoms with E-state index >= 15 is 0 Å². The number of hydrogen-bond acceptors (Lipinski definition) is 4. The van der Waals surface area contributed by atoms with Gasteiger partial charge in [-0.3, -0.25) is 0 Å². The Morgan fingerprint density at radius 3 is 2.04 bits per heavy atom. The molecule has 0 aliphatic rings. The van der Waals surface area contributed by atoms with Crippen LogP contribution in [0.4, 0.5) is 16.2 Å². The molecule has 0 saturated heterocycles. The fraction of sp³-hybridized carbons (Fsp3) is 0.211. The number of guanidine groups is 1. The summed E-state index contributed by atoms with van der Waals surface area (Å²) in [6.07, 6.45) is 0.945. The number of urea groups is 1. The van der Waals surface area contributed by atoms with E-state index in [1.54, 1.807) is 31.2 Å². The van der Waals surface area contributed by atoms with Gasteiger partial charge in [0.05, 0.1) is 12.3 Å². The third kappa shape index (κ3) is 6.69. The molecule has 0 unspecified atom stereocenters. The first kappa shape index (κ1) is 19.8. The molecule has 0 atom stereocenters. The molecule has 0 heterocycles. The Labute approximate surface area is 158 Å². The van der Waals surface area contributed by atoms with E-state index in [1.165, 1.54) is 0 Å². The van der Waals surface area contributed by atoms with Crippen LogP contribution >= 0.6 is 0 Å². The van der Waals surface area contributed by atoms with Crippen LogP contribution < -0.4 is 26.8 Å². The smallest absolute Gasteiger partial charge is 0.323 e. The van der Waals surface area contributed by atoms with E-state index in [2.05, 4.69) is 20.8 Å². The highest BCUT2D eigenvalue weighted by Crippen LogP contribution is 2.17. The molecule has 6 N–H and O–H groups in total. The molecule has 0 radical (unpaired) electrons. The number of benzene rings is 2. The Hall–Kier alpha value is -3.55. The van der Waals surface area contributed by atoms with E-state index in [9.17, 15) is 4.79 Å². The maximum absolute atomic E-state index is 12.1. The Bertz CT molecular complexity index is 809. The van der Waals surface area contributed by atoms with Crippen LogP contribution in [0.1, 0.15) is 25.8 Å². The van der Waals surface area contributed by atoms with Crippen molar-refractivity contribution >= 4 is 29.1 Å². The van der Waals surface area contributed by atoms with Gasteiger partial charge in [0.2, 0.25) is 5.96 Å². The van der Waals surface area contributed by atoms with Crippen molar-refractivity contribution in [3.63, 3.8) is 0 Å². The SMILES string of the molecule is CCCOc1ccc(NC(=O)Nc2ccc(/C(C)=N/N=C(N)N)cc2)cc1. The van der Waals surface area contributed by atoms with Gasteiger partial charge in [-0.1, -0.05) is 19.1 Å². The molecule has 8 nitrogen and oxygen atoms in total. The molecule has 0 bridgehead atoms. The zero-order valence-electron chi connectivity index (χ0n) is 15.4. The molecule has 2 aromatic rings. The Morgan fingerprint density at radius 1 is 0.963 bits per heavy atom. The molecular weight excluding hydrogens is 344 g/mol. The van der Waals surface area contributed by atoms with Crippen LogP contribution in [0.15, 0.2) is 58.7 Å². The number of amides is 2. The van der Waals surface area contributed by atoms with Gasteiger partial charge >= 0.3 is 6.03 Å². The number of hydrogen-bond donors (Lipinski definition) is 4. The van der Waals surface area contributed by atoms with Gasteiger partial charge in [0, 0.05) is 11.4 Å². The number of rotatable bonds is 7. The minimum absolute atomic E-state index is 0.103. The van der Waals surface area contributed by atoms with E-state index in [4.69, 9.17) is 16.2 Å². The second kappa shape index (κ2) is 9.81. The summed E-state index contributed by atoms with van der Waals surface area (Å²) in [7, 11) is 0. The molecular formula is C19H24N6O2. The number of nitrogens with one attached hydrogen (secondary N) is 2.